The van der Waals surface area contributed by atoms with Crippen LogP contribution in [0, 0.1) is 0 Å². The maximum atomic E-state index is 13.4. The second-order valence-electron chi connectivity index (χ2n) is 12.6. The number of hydrogen-bond acceptors (Lipinski definition) is 22. The zero-order valence-electron chi connectivity index (χ0n) is 28.6. The Morgan fingerprint density at radius 1 is 0.528 bits per heavy atom. The first-order valence-electron chi connectivity index (χ1n) is 16.8. The fourth-order valence-corrected chi connectivity index (χ4v) is 5.61. The number of hydrogen-bond donors (Lipinski definition) is 14. The molecule has 0 bridgehead atoms. The first kappa shape index (κ1) is 45.5. The third-order valence-corrected chi connectivity index (χ3v) is 8.82. The van der Waals surface area contributed by atoms with Gasteiger partial charge in [0.25, 0.3) is 0 Å². The predicted octanol–water partition coefficient (Wildman–Crippen LogP) is -10.4. The molecular weight excluding hydrogens is 726 g/mol. The Balaban J connectivity index is 1.55. The van der Waals surface area contributed by atoms with Crippen molar-refractivity contribution in [1.29, 1.82) is 0 Å². The van der Waals surface area contributed by atoms with Gasteiger partial charge >= 0.3 is 0 Å². The average molecular weight is 780 g/mol. The van der Waals surface area contributed by atoms with Crippen LogP contribution in [-0.4, -0.2) is 259 Å². The number of aliphatic hydroxyl groups excluding tert-OH is 13. The van der Waals surface area contributed by atoms with E-state index in [0.717, 1.165) is 9.80 Å². The molecule has 3 rings (SSSR count). The molecule has 3 fully saturated rings. The van der Waals surface area contributed by atoms with Crippen molar-refractivity contribution in [3.8, 4) is 0 Å². The van der Waals surface area contributed by atoms with Crippen molar-refractivity contribution in [2.75, 3.05) is 79.1 Å². The lowest BCUT2D eigenvalue weighted by molar-refractivity contribution is -0.303. The lowest BCUT2D eigenvalue weighted by Crippen LogP contribution is -2.59. The molecule has 15 atom stereocenters. The van der Waals surface area contributed by atoms with Gasteiger partial charge in [-0.1, -0.05) is 0 Å². The highest BCUT2D eigenvalue weighted by molar-refractivity contribution is 5.81. The van der Waals surface area contributed by atoms with Crippen LogP contribution in [0.1, 0.15) is 0 Å². The summed E-state index contributed by atoms with van der Waals surface area (Å²) in [5.41, 5.74) is 0. The van der Waals surface area contributed by atoms with Gasteiger partial charge in [-0.25, -0.2) is 0 Å². The number of ether oxygens (including phenoxy) is 6. The third kappa shape index (κ3) is 12.3. The monoisotopic (exact) mass is 779 g/mol. The average Bonchev–Trinajstić information content (AvgIpc) is 3.15. The Morgan fingerprint density at radius 2 is 0.906 bits per heavy atom. The zero-order valence-corrected chi connectivity index (χ0v) is 28.6. The van der Waals surface area contributed by atoms with Crippen LogP contribution in [0.2, 0.25) is 0 Å². The Kier molecular flexibility index (Phi) is 18.9. The largest absolute Gasteiger partial charge is 0.394 e. The molecule has 53 heavy (non-hydrogen) atoms. The highest BCUT2D eigenvalue weighted by Crippen LogP contribution is 2.24. The van der Waals surface area contributed by atoms with Crippen LogP contribution in [0.25, 0.3) is 0 Å². The molecule has 0 aromatic carbocycles. The Bertz CT molecular complexity index is 1050. The first-order valence-corrected chi connectivity index (χ1v) is 16.8. The maximum Gasteiger partial charge on any atom is 0.236 e. The van der Waals surface area contributed by atoms with E-state index in [-0.39, 0.29) is 39.5 Å². The predicted molar refractivity (Wildman–Crippen MR) is 167 cm³/mol. The molecule has 0 saturated carbocycles. The Hall–Kier alpha value is -1.86. The van der Waals surface area contributed by atoms with Crippen LogP contribution in [0.5, 0.6) is 0 Å². The second kappa shape index (κ2) is 22.0. The number of nitrogens with zero attached hydrogens (tertiary/aromatic N) is 2. The lowest BCUT2D eigenvalue weighted by atomic mass is 9.99. The van der Waals surface area contributed by atoms with E-state index in [1.54, 1.807) is 0 Å². The molecule has 0 radical (unpaired) electrons. The smallest absolute Gasteiger partial charge is 0.236 e. The molecule has 14 N–H and O–H groups in total. The van der Waals surface area contributed by atoms with Gasteiger partial charge in [-0.2, -0.15) is 0 Å². The van der Waals surface area contributed by atoms with E-state index in [1.165, 1.54) is 0 Å². The highest BCUT2D eigenvalue weighted by Gasteiger charge is 2.46. The van der Waals surface area contributed by atoms with Crippen LogP contribution in [0.15, 0.2) is 0 Å². The van der Waals surface area contributed by atoms with Gasteiger partial charge in [0.05, 0.1) is 59.5 Å². The van der Waals surface area contributed by atoms with E-state index in [1.807, 2.05) is 0 Å². The summed E-state index contributed by atoms with van der Waals surface area (Å²) in [5.74, 6) is -1.37. The van der Waals surface area contributed by atoms with Gasteiger partial charge < -0.3 is 105 Å². The SMILES string of the molecule is O=C(CN(CO)CC(=O)N(CCO[C@H]1O[C@H](CO)[C@@H](O)[C@H](O)[C@@H]1O)CCO[C@H]1O[C@H](CO)[C@@H](O)[C@H](O)[C@@H]1O)NCCO[C@@H]1O[C@H](CO)[C@@H](O)[C@H](O)[C@H]1O. The lowest BCUT2D eigenvalue weighted by Gasteiger charge is -2.40. The van der Waals surface area contributed by atoms with Crippen LogP contribution in [0.3, 0.4) is 0 Å². The van der Waals surface area contributed by atoms with E-state index in [0.29, 0.717) is 0 Å². The molecule has 0 spiro atoms. The summed E-state index contributed by atoms with van der Waals surface area (Å²) < 4.78 is 32.1. The van der Waals surface area contributed by atoms with E-state index in [9.17, 15) is 76.0 Å². The summed E-state index contributed by atoms with van der Waals surface area (Å²) >= 11 is 0. The molecule has 0 aliphatic carbocycles. The molecule has 3 saturated heterocycles. The Morgan fingerprint density at radius 3 is 1.26 bits per heavy atom. The summed E-state index contributed by atoms with van der Waals surface area (Å²) in [5, 5.41) is 131. The number of carbonyl (C=O) groups excluding carboxylic acids is 2. The second-order valence-corrected chi connectivity index (χ2v) is 12.6. The minimum atomic E-state index is -1.72. The van der Waals surface area contributed by atoms with Gasteiger partial charge in [-0.15, -0.1) is 0 Å². The molecule has 310 valence electrons. The van der Waals surface area contributed by atoms with Crippen molar-refractivity contribution in [3.63, 3.8) is 0 Å². The molecule has 24 nitrogen and oxygen atoms in total. The number of aliphatic hydroxyl groups is 13. The molecule has 3 heterocycles. The molecule has 0 aromatic rings. The number of nitrogens with one attached hydrogen (secondary N) is 1. The molecule has 3 aliphatic heterocycles. The van der Waals surface area contributed by atoms with Gasteiger partial charge in [0.2, 0.25) is 11.8 Å². The summed E-state index contributed by atoms with van der Waals surface area (Å²) in [4.78, 5) is 28.1. The summed E-state index contributed by atoms with van der Waals surface area (Å²) in [6, 6.07) is 0. The number of amides is 2. The summed E-state index contributed by atoms with van der Waals surface area (Å²) in [7, 11) is 0. The van der Waals surface area contributed by atoms with Crippen LogP contribution < -0.4 is 5.32 Å². The van der Waals surface area contributed by atoms with Crippen molar-refractivity contribution >= 4 is 11.8 Å². The van der Waals surface area contributed by atoms with Crippen LogP contribution in [0.4, 0.5) is 0 Å². The van der Waals surface area contributed by atoms with Crippen molar-refractivity contribution in [2.24, 2.45) is 0 Å². The van der Waals surface area contributed by atoms with Gasteiger partial charge in [0.1, 0.15) is 73.2 Å². The topological polar surface area (TPSA) is 371 Å². The molecule has 3 aliphatic rings. The standard InChI is InChI=1S/C29H53N3O21/c33-9-13-18(39)21(42)24(45)27(51-13)48-4-1-30-16(37)7-31(12-36)8-17(38)32(2-5-49-28-25(46)22(43)19(40)14(10-34)52-28)3-6-50-29-26(47)23(44)20(41)15(11-35)53-29/h13-15,18-29,33-36,39-47H,1-12H2,(H,30,37)/t13-,14-,15-,18-,19-,20-,21+,22+,23+,24-,25+,26+,27-,28+,29+/m1/s1. The molecule has 2 amide bonds. The van der Waals surface area contributed by atoms with Crippen molar-refractivity contribution in [2.45, 2.75) is 92.1 Å². The zero-order chi connectivity index (χ0) is 39.4. The fraction of sp³-hybridized carbons (Fsp3) is 0.931. The highest BCUT2D eigenvalue weighted by atomic mass is 16.7. The first-order chi connectivity index (χ1) is 25.2. The van der Waals surface area contributed by atoms with Crippen LogP contribution >= 0.6 is 0 Å². The summed E-state index contributed by atoms with van der Waals surface area (Å²) in [6.45, 7) is -5.53. The molecular formula is C29H53N3O21. The maximum absolute atomic E-state index is 13.4. The number of rotatable bonds is 20. The quantitative estimate of drug-likeness (QED) is 0.0403. The van der Waals surface area contributed by atoms with Gasteiger partial charge in [-0.3, -0.25) is 14.5 Å². The van der Waals surface area contributed by atoms with E-state index in [4.69, 9.17) is 28.4 Å². The molecule has 0 unspecified atom stereocenters. The molecule has 0 aromatic heterocycles. The fourth-order valence-electron chi connectivity index (χ4n) is 5.61. The van der Waals surface area contributed by atoms with Crippen molar-refractivity contribution in [1.82, 2.24) is 15.1 Å². The van der Waals surface area contributed by atoms with E-state index >= 15 is 0 Å². The Labute approximate surface area is 302 Å². The number of carbonyl (C=O) groups is 2. The normalized spacial score (nSPS) is 37.8. The van der Waals surface area contributed by atoms with Crippen molar-refractivity contribution in [3.05, 3.63) is 0 Å². The van der Waals surface area contributed by atoms with E-state index in [2.05, 4.69) is 5.32 Å². The molecule has 24 heteroatoms. The van der Waals surface area contributed by atoms with Gasteiger partial charge in [0.15, 0.2) is 18.9 Å². The van der Waals surface area contributed by atoms with Gasteiger partial charge in [-0.05, 0) is 0 Å². The minimum absolute atomic E-state index is 0.155. The van der Waals surface area contributed by atoms with Gasteiger partial charge in [0, 0.05) is 19.6 Å². The van der Waals surface area contributed by atoms with E-state index < -0.39 is 144 Å². The van der Waals surface area contributed by atoms with Crippen molar-refractivity contribution < 1.29 is 104 Å². The minimum Gasteiger partial charge on any atom is -0.394 e. The third-order valence-electron chi connectivity index (χ3n) is 8.82. The van der Waals surface area contributed by atoms with Crippen LogP contribution in [-0.2, 0) is 38.0 Å². The summed E-state index contributed by atoms with van der Waals surface area (Å²) in [6.07, 6.45) is -23.2.